The summed E-state index contributed by atoms with van der Waals surface area (Å²) in [6, 6.07) is 19.0. The van der Waals surface area contributed by atoms with Gasteiger partial charge in [-0.05, 0) is 53.2 Å². The number of esters is 1. The number of nitro groups is 1. The third-order valence-electron chi connectivity index (χ3n) is 4.82. The van der Waals surface area contributed by atoms with Crippen molar-refractivity contribution in [3.63, 3.8) is 0 Å². The smallest absolute Gasteiger partial charge is 0.343 e. The highest BCUT2D eigenvalue weighted by atomic mass is 79.9. The predicted molar refractivity (Wildman–Crippen MR) is 130 cm³/mol. The number of non-ortho nitro benzene ring substituents is 1. The van der Waals surface area contributed by atoms with Crippen LogP contribution in [0.4, 0.5) is 10.5 Å². The van der Waals surface area contributed by atoms with Gasteiger partial charge in [0.2, 0.25) is 0 Å². The lowest BCUT2D eigenvalue weighted by molar-refractivity contribution is -0.384. The van der Waals surface area contributed by atoms with Crippen LogP contribution in [0.1, 0.15) is 21.5 Å². The lowest BCUT2D eigenvalue weighted by Gasteiger charge is -2.13. The number of thioether (sulfide) groups is 1. The third-order valence-corrected chi connectivity index (χ3v) is 6.50. The van der Waals surface area contributed by atoms with Crippen LogP contribution in [0.2, 0.25) is 0 Å². The van der Waals surface area contributed by atoms with E-state index in [9.17, 15) is 24.5 Å². The van der Waals surface area contributed by atoms with Crippen LogP contribution in [0, 0.1) is 10.1 Å². The van der Waals surface area contributed by atoms with Crippen molar-refractivity contribution < 1.29 is 24.0 Å². The van der Waals surface area contributed by atoms with Crippen molar-refractivity contribution in [2.24, 2.45) is 0 Å². The van der Waals surface area contributed by atoms with Gasteiger partial charge in [-0.25, -0.2) is 4.79 Å². The van der Waals surface area contributed by atoms with Crippen molar-refractivity contribution >= 4 is 56.6 Å². The van der Waals surface area contributed by atoms with Crippen molar-refractivity contribution in [1.29, 1.82) is 0 Å². The van der Waals surface area contributed by atoms with E-state index in [0.29, 0.717) is 5.56 Å². The lowest BCUT2D eigenvalue weighted by atomic mass is 10.2. The number of amides is 2. The minimum atomic E-state index is -0.755. The second kappa shape index (κ2) is 10.0. The van der Waals surface area contributed by atoms with Gasteiger partial charge in [0, 0.05) is 16.6 Å². The summed E-state index contributed by atoms with van der Waals surface area (Å²) in [5.74, 6) is -0.975. The van der Waals surface area contributed by atoms with Gasteiger partial charge in [0.25, 0.3) is 16.8 Å². The summed E-state index contributed by atoms with van der Waals surface area (Å²) < 4.78 is 6.14. The second-order valence-electron chi connectivity index (χ2n) is 7.13. The molecular formula is C24H15BrN2O6S. The van der Waals surface area contributed by atoms with Gasteiger partial charge in [0.05, 0.1) is 21.9 Å². The van der Waals surface area contributed by atoms with Crippen LogP contribution in [0.15, 0.2) is 82.2 Å². The molecule has 8 nitrogen and oxygen atoms in total. The van der Waals surface area contributed by atoms with Gasteiger partial charge < -0.3 is 4.74 Å². The van der Waals surface area contributed by atoms with Crippen molar-refractivity contribution in [3.05, 3.63) is 109 Å². The van der Waals surface area contributed by atoms with E-state index in [4.69, 9.17) is 4.74 Å². The molecule has 1 fully saturated rings. The Balaban J connectivity index is 1.50. The first-order valence-electron chi connectivity index (χ1n) is 9.87. The SMILES string of the molecule is O=C(Oc1cccc(/C=C2\SC(=O)N(Cc3ccccc3Br)C2=O)c1)c1cccc([N+](=O)[O-])c1. The summed E-state index contributed by atoms with van der Waals surface area (Å²) >= 11 is 4.26. The summed E-state index contributed by atoms with van der Waals surface area (Å²) in [6.07, 6.45) is 1.55. The van der Waals surface area contributed by atoms with E-state index in [-0.39, 0.29) is 33.7 Å². The van der Waals surface area contributed by atoms with Crippen LogP contribution in [0.25, 0.3) is 6.08 Å². The molecule has 1 aliphatic rings. The first-order valence-corrected chi connectivity index (χ1v) is 11.5. The van der Waals surface area contributed by atoms with Crippen LogP contribution in [0.5, 0.6) is 5.75 Å². The molecule has 0 bridgehead atoms. The Hall–Kier alpha value is -3.76. The quantitative estimate of drug-likeness (QED) is 0.128. The van der Waals surface area contributed by atoms with Gasteiger partial charge in [0.1, 0.15) is 5.75 Å². The highest BCUT2D eigenvalue weighted by Crippen LogP contribution is 2.34. The lowest BCUT2D eigenvalue weighted by Crippen LogP contribution is -2.27. The normalized spacial score (nSPS) is 14.5. The molecule has 3 aromatic rings. The van der Waals surface area contributed by atoms with Gasteiger partial charge in [-0.1, -0.05) is 52.3 Å². The number of hydrogen-bond donors (Lipinski definition) is 0. The Bertz CT molecular complexity index is 1360. The topological polar surface area (TPSA) is 107 Å². The maximum Gasteiger partial charge on any atom is 0.343 e. The molecule has 0 atom stereocenters. The van der Waals surface area contributed by atoms with E-state index >= 15 is 0 Å². The van der Waals surface area contributed by atoms with Crippen LogP contribution < -0.4 is 4.74 Å². The molecule has 0 N–H and O–H groups in total. The van der Waals surface area contributed by atoms with Crippen LogP contribution in [-0.4, -0.2) is 26.9 Å². The average Bonchev–Trinajstić information content (AvgIpc) is 3.08. The minimum Gasteiger partial charge on any atom is -0.423 e. The molecule has 1 saturated heterocycles. The fraction of sp³-hybridized carbons (Fsp3) is 0.0417. The molecule has 0 spiro atoms. The number of nitrogens with zero attached hydrogens (tertiary/aromatic N) is 2. The highest BCUT2D eigenvalue weighted by Gasteiger charge is 2.35. The van der Waals surface area contributed by atoms with E-state index in [1.807, 2.05) is 24.3 Å². The largest absolute Gasteiger partial charge is 0.423 e. The Morgan fingerprint density at radius 1 is 1.06 bits per heavy atom. The van der Waals surface area contributed by atoms with Crippen molar-refractivity contribution in [2.45, 2.75) is 6.54 Å². The molecule has 0 aromatic heterocycles. The molecule has 0 unspecified atom stereocenters. The minimum absolute atomic E-state index is 0.0350. The number of rotatable bonds is 6. The molecule has 3 aromatic carbocycles. The van der Waals surface area contributed by atoms with Crippen LogP contribution in [0.3, 0.4) is 0 Å². The number of benzene rings is 3. The molecule has 34 heavy (non-hydrogen) atoms. The van der Waals surface area contributed by atoms with E-state index in [1.165, 1.54) is 29.2 Å². The molecular weight excluding hydrogens is 524 g/mol. The Morgan fingerprint density at radius 3 is 2.59 bits per heavy atom. The molecule has 0 saturated carbocycles. The average molecular weight is 539 g/mol. The number of imide groups is 1. The van der Waals surface area contributed by atoms with Crippen LogP contribution >= 0.6 is 27.7 Å². The van der Waals surface area contributed by atoms with Gasteiger partial charge in [-0.15, -0.1) is 0 Å². The van der Waals surface area contributed by atoms with Crippen LogP contribution in [-0.2, 0) is 11.3 Å². The summed E-state index contributed by atoms with van der Waals surface area (Å²) in [5.41, 5.74) is 1.17. The molecule has 0 radical (unpaired) electrons. The van der Waals surface area contributed by atoms with E-state index in [2.05, 4.69) is 15.9 Å². The zero-order valence-corrected chi connectivity index (χ0v) is 19.7. The summed E-state index contributed by atoms with van der Waals surface area (Å²) in [7, 11) is 0. The first-order chi connectivity index (χ1) is 16.3. The van der Waals surface area contributed by atoms with Gasteiger partial charge >= 0.3 is 5.97 Å². The zero-order valence-electron chi connectivity index (χ0n) is 17.3. The molecule has 0 aliphatic carbocycles. The van der Waals surface area contributed by atoms with E-state index in [1.54, 1.807) is 24.3 Å². The Kier molecular flexibility index (Phi) is 6.90. The second-order valence-corrected chi connectivity index (χ2v) is 8.98. The Labute approximate surface area is 206 Å². The standard InChI is InChI=1S/C24H15BrN2O6S/c25-20-10-2-1-6-17(20)14-26-22(28)21(34-24(26)30)12-15-5-3-9-19(11-15)33-23(29)16-7-4-8-18(13-16)27(31)32/h1-13H,14H2/b21-12-. The number of hydrogen-bond acceptors (Lipinski definition) is 7. The summed E-state index contributed by atoms with van der Waals surface area (Å²) in [5, 5.41) is 10.5. The number of carbonyl (C=O) groups excluding carboxylic acids is 3. The van der Waals surface area contributed by atoms with E-state index in [0.717, 1.165) is 27.9 Å². The fourth-order valence-corrected chi connectivity index (χ4v) is 4.41. The molecule has 2 amide bonds. The maximum atomic E-state index is 12.8. The maximum absolute atomic E-state index is 12.8. The van der Waals surface area contributed by atoms with Crippen molar-refractivity contribution in [2.75, 3.05) is 0 Å². The number of ether oxygens (including phenoxy) is 1. The molecule has 170 valence electrons. The highest BCUT2D eigenvalue weighted by molar-refractivity contribution is 9.10. The molecule has 10 heteroatoms. The van der Waals surface area contributed by atoms with Gasteiger partial charge in [-0.3, -0.25) is 24.6 Å². The fourth-order valence-electron chi connectivity index (χ4n) is 3.16. The van der Waals surface area contributed by atoms with E-state index < -0.39 is 16.8 Å². The first kappa shape index (κ1) is 23.4. The monoisotopic (exact) mass is 538 g/mol. The van der Waals surface area contributed by atoms with Gasteiger partial charge in [0.15, 0.2) is 0 Å². The van der Waals surface area contributed by atoms with Crippen molar-refractivity contribution in [1.82, 2.24) is 4.90 Å². The number of carbonyl (C=O) groups is 3. The Morgan fingerprint density at radius 2 is 1.82 bits per heavy atom. The van der Waals surface area contributed by atoms with Gasteiger partial charge in [-0.2, -0.15) is 0 Å². The van der Waals surface area contributed by atoms with Crippen molar-refractivity contribution in [3.8, 4) is 5.75 Å². The predicted octanol–water partition coefficient (Wildman–Crippen LogP) is 5.81. The zero-order chi connectivity index (χ0) is 24.2. The summed E-state index contributed by atoms with van der Waals surface area (Å²) in [4.78, 5) is 49.4. The number of halogens is 1. The molecule has 4 rings (SSSR count). The molecule has 1 aliphatic heterocycles. The molecule has 1 heterocycles. The summed E-state index contributed by atoms with van der Waals surface area (Å²) in [6.45, 7) is 0.143. The number of nitro benzene ring substituents is 1. The third kappa shape index (κ3) is 5.24.